The molecule has 0 aliphatic carbocycles. The second-order valence-corrected chi connectivity index (χ2v) is 5.71. The Bertz CT molecular complexity index is 832. The molecule has 1 amide bonds. The van der Waals surface area contributed by atoms with Crippen LogP contribution >= 0.6 is 0 Å². The molecule has 0 radical (unpaired) electrons. The van der Waals surface area contributed by atoms with Crippen molar-refractivity contribution in [3.63, 3.8) is 0 Å². The molecule has 0 spiro atoms. The van der Waals surface area contributed by atoms with Crippen molar-refractivity contribution < 1.29 is 23.7 Å². The molecule has 0 saturated heterocycles. The van der Waals surface area contributed by atoms with E-state index in [1.807, 2.05) is 24.3 Å². The Morgan fingerprint density at radius 3 is 2.39 bits per heavy atom. The van der Waals surface area contributed by atoms with Crippen molar-refractivity contribution in [1.29, 1.82) is 0 Å². The Hall–Kier alpha value is -2.89. The number of carbonyl (C=O) groups excluding carboxylic acids is 1. The summed E-state index contributed by atoms with van der Waals surface area (Å²) in [7, 11) is 0. The fourth-order valence-corrected chi connectivity index (χ4v) is 3.15. The summed E-state index contributed by atoms with van der Waals surface area (Å²) in [4.78, 5) is 14.4. The number of fused-ring (bicyclic) bond motifs is 3. The minimum atomic E-state index is 0.0102. The van der Waals surface area contributed by atoms with Crippen LogP contribution in [0.15, 0.2) is 30.3 Å². The van der Waals surface area contributed by atoms with Gasteiger partial charge in [0.25, 0.3) is 5.91 Å². The highest BCUT2D eigenvalue weighted by Crippen LogP contribution is 2.39. The van der Waals surface area contributed by atoms with Crippen LogP contribution in [0.3, 0.4) is 0 Å². The van der Waals surface area contributed by atoms with Crippen LogP contribution in [0, 0.1) is 0 Å². The van der Waals surface area contributed by atoms with E-state index in [-0.39, 0.29) is 19.5 Å². The lowest BCUT2D eigenvalue weighted by Crippen LogP contribution is -2.23. The predicted octanol–water partition coefficient (Wildman–Crippen LogP) is 2.30. The average Bonchev–Trinajstić information content (AvgIpc) is 3.25. The van der Waals surface area contributed by atoms with Gasteiger partial charge in [-0.2, -0.15) is 0 Å². The van der Waals surface area contributed by atoms with Crippen LogP contribution in [0.1, 0.15) is 21.5 Å². The van der Waals surface area contributed by atoms with Gasteiger partial charge in [-0.3, -0.25) is 4.79 Å². The van der Waals surface area contributed by atoms with Crippen LogP contribution in [0.5, 0.6) is 23.0 Å². The fourth-order valence-electron chi connectivity index (χ4n) is 3.15. The van der Waals surface area contributed by atoms with Gasteiger partial charge in [-0.15, -0.1) is 0 Å². The molecule has 6 nitrogen and oxygen atoms in total. The highest BCUT2D eigenvalue weighted by atomic mass is 16.7. The van der Waals surface area contributed by atoms with Gasteiger partial charge in [0.2, 0.25) is 13.6 Å². The zero-order valence-corrected chi connectivity index (χ0v) is 12.2. The predicted molar refractivity (Wildman–Crippen MR) is 78.7 cm³/mol. The second-order valence-electron chi connectivity index (χ2n) is 5.71. The van der Waals surface area contributed by atoms with Crippen molar-refractivity contribution in [2.45, 2.75) is 13.1 Å². The number of carbonyl (C=O) groups is 1. The second kappa shape index (κ2) is 4.55. The monoisotopic (exact) mass is 311 g/mol. The van der Waals surface area contributed by atoms with Gasteiger partial charge in [-0.25, -0.2) is 0 Å². The largest absolute Gasteiger partial charge is 0.454 e. The number of hydrogen-bond donors (Lipinski definition) is 0. The maximum atomic E-state index is 12.6. The Morgan fingerprint density at radius 1 is 0.870 bits per heavy atom. The average molecular weight is 311 g/mol. The molecular formula is C17H13NO5. The lowest BCUT2D eigenvalue weighted by Gasteiger charge is -2.15. The van der Waals surface area contributed by atoms with Gasteiger partial charge in [0.1, 0.15) is 0 Å². The third-order valence-electron chi connectivity index (χ3n) is 4.29. The van der Waals surface area contributed by atoms with E-state index in [0.29, 0.717) is 30.2 Å². The van der Waals surface area contributed by atoms with E-state index in [1.165, 1.54) is 0 Å². The lowest BCUT2D eigenvalue weighted by molar-refractivity contribution is 0.0766. The zero-order valence-electron chi connectivity index (χ0n) is 12.2. The molecule has 0 saturated carbocycles. The van der Waals surface area contributed by atoms with Gasteiger partial charge in [0.05, 0.1) is 0 Å². The van der Waals surface area contributed by atoms with Crippen LogP contribution in [-0.4, -0.2) is 24.4 Å². The molecule has 0 aromatic heterocycles. The van der Waals surface area contributed by atoms with Crippen LogP contribution in [-0.2, 0) is 13.1 Å². The fraction of sp³-hybridized carbons (Fsp3) is 0.235. The van der Waals surface area contributed by atoms with Gasteiger partial charge in [0, 0.05) is 18.7 Å². The number of ether oxygens (including phenoxy) is 4. The number of amides is 1. The van der Waals surface area contributed by atoms with E-state index in [2.05, 4.69) is 0 Å². The van der Waals surface area contributed by atoms with Crippen molar-refractivity contribution in [1.82, 2.24) is 4.90 Å². The molecule has 0 bridgehead atoms. The molecule has 2 aromatic rings. The number of rotatable bonds is 2. The summed E-state index contributed by atoms with van der Waals surface area (Å²) in [5.74, 6) is 2.84. The van der Waals surface area contributed by atoms with Crippen molar-refractivity contribution >= 4 is 5.91 Å². The summed E-state index contributed by atoms with van der Waals surface area (Å²) in [5, 5.41) is 0. The van der Waals surface area contributed by atoms with Gasteiger partial charge < -0.3 is 23.8 Å². The number of nitrogens with zero attached hydrogens (tertiary/aromatic N) is 1. The molecule has 0 fully saturated rings. The molecule has 23 heavy (non-hydrogen) atoms. The van der Waals surface area contributed by atoms with E-state index in [4.69, 9.17) is 18.9 Å². The molecule has 116 valence electrons. The van der Waals surface area contributed by atoms with Crippen molar-refractivity contribution in [3.05, 3.63) is 47.0 Å². The molecule has 3 aliphatic rings. The molecule has 6 heteroatoms. The molecule has 3 aliphatic heterocycles. The Labute approximate surface area is 132 Å². The lowest BCUT2D eigenvalue weighted by atomic mass is 10.1. The third kappa shape index (κ3) is 1.91. The maximum absolute atomic E-state index is 12.6. The highest BCUT2D eigenvalue weighted by Gasteiger charge is 2.31. The molecule has 3 heterocycles. The maximum Gasteiger partial charge on any atom is 0.254 e. The summed E-state index contributed by atoms with van der Waals surface area (Å²) in [5.41, 5.74) is 2.67. The summed E-state index contributed by atoms with van der Waals surface area (Å²) in [6, 6.07) is 9.43. The molecule has 2 aromatic carbocycles. The first-order valence-electron chi connectivity index (χ1n) is 7.38. The van der Waals surface area contributed by atoms with Crippen molar-refractivity contribution in [3.8, 4) is 23.0 Å². The topological polar surface area (TPSA) is 57.2 Å². The van der Waals surface area contributed by atoms with E-state index in [0.717, 1.165) is 22.6 Å². The minimum Gasteiger partial charge on any atom is -0.454 e. The Balaban J connectivity index is 1.41. The first kappa shape index (κ1) is 12.6. The van der Waals surface area contributed by atoms with Crippen LogP contribution in [0.2, 0.25) is 0 Å². The number of hydrogen-bond acceptors (Lipinski definition) is 5. The third-order valence-corrected chi connectivity index (χ3v) is 4.29. The summed E-state index contributed by atoms with van der Waals surface area (Å²) in [6.45, 7) is 1.56. The Morgan fingerprint density at radius 2 is 1.57 bits per heavy atom. The smallest absolute Gasteiger partial charge is 0.254 e. The molecule has 0 unspecified atom stereocenters. The van der Waals surface area contributed by atoms with E-state index in [9.17, 15) is 4.79 Å². The highest BCUT2D eigenvalue weighted by molar-refractivity contribution is 5.99. The SMILES string of the molecule is O=C1c2cc3c(cc2CN1Cc1ccc2c(c1)OCO2)OCO3. The number of benzene rings is 2. The Kier molecular flexibility index (Phi) is 2.50. The van der Waals surface area contributed by atoms with Crippen LogP contribution < -0.4 is 18.9 Å². The van der Waals surface area contributed by atoms with Crippen LogP contribution in [0.4, 0.5) is 0 Å². The van der Waals surface area contributed by atoms with E-state index < -0.39 is 0 Å². The van der Waals surface area contributed by atoms with Crippen LogP contribution in [0.25, 0.3) is 0 Å². The van der Waals surface area contributed by atoms with Gasteiger partial charge in [-0.1, -0.05) is 6.07 Å². The van der Waals surface area contributed by atoms with Gasteiger partial charge in [0.15, 0.2) is 23.0 Å². The summed E-state index contributed by atoms with van der Waals surface area (Å²) < 4.78 is 21.4. The standard InChI is InChI=1S/C17H13NO5/c19-17-12-5-16-15(22-9-23-16)4-11(12)7-18(17)6-10-1-2-13-14(3-10)21-8-20-13/h1-5H,6-9H2. The molecule has 0 N–H and O–H groups in total. The van der Waals surface area contributed by atoms with E-state index >= 15 is 0 Å². The normalized spacial score (nSPS) is 16.9. The molecular weight excluding hydrogens is 298 g/mol. The molecule has 5 rings (SSSR count). The minimum absolute atomic E-state index is 0.0102. The molecule has 0 atom stereocenters. The van der Waals surface area contributed by atoms with Gasteiger partial charge >= 0.3 is 0 Å². The van der Waals surface area contributed by atoms with Crippen molar-refractivity contribution in [2.75, 3.05) is 13.6 Å². The van der Waals surface area contributed by atoms with Gasteiger partial charge in [-0.05, 0) is 35.4 Å². The first-order chi connectivity index (χ1) is 11.3. The first-order valence-corrected chi connectivity index (χ1v) is 7.38. The quantitative estimate of drug-likeness (QED) is 0.852. The van der Waals surface area contributed by atoms with Crippen molar-refractivity contribution in [2.24, 2.45) is 0 Å². The zero-order chi connectivity index (χ0) is 15.4. The summed E-state index contributed by atoms with van der Waals surface area (Å²) in [6.07, 6.45) is 0. The summed E-state index contributed by atoms with van der Waals surface area (Å²) >= 11 is 0. The van der Waals surface area contributed by atoms with E-state index in [1.54, 1.807) is 11.0 Å².